The summed E-state index contributed by atoms with van der Waals surface area (Å²) in [5.74, 6) is 0.774. The molecule has 0 aliphatic carbocycles. The second kappa shape index (κ2) is 4.36. The van der Waals surface area contributed by atoms with Crippen molar-refractivity contribution in [1.82, 2.24) is 30.0 Å². The van der Waals surface area contributed by atoms with E-state index in [1.54, 1.807) is 4.52 Å². The molecule has 0 unspecified atom stereocenters. The van der Waals surface area contributed by atoms with E-state index in [0.29, 0.717) is 5.65 Å². The first-order valence-corrected chi connectivity index (χ1v) is 7.36. The van der Waals surface area contributed by atoms with Gasteiger partial charge in [-0.1, -0.05) is 24.3 Å². The smallest absolute Gasteiger partial charge is 0.190 e. The van der Waals surface area contributed by atoms with E-state index in [0.717, 1.165) is 33.3 Å². The number of nitrogens with zero attached hydrogens (tertiary/aromatic N) is 5. The van der Waals surface area contributed by atoms with Crippen LogP contribution in [0.4, 0.5) is 0 Å². The number of rotatable bonds is 1. The van der Waals surface area contributed by atoms with Crippen molar-refractivity contribution in [2.75, 3.05) is 0 Å². The third kappa shape index (κ3) is 1.75. The van der Waals surface area contributed by atoms with Crippen molar-refractivity contribution >= 4 is 27.6 Å². The molecule has 0 fully saturated rings. The summed E-state index contributed by atoms with van der Waals surface area (Å²) in [6, 6.07) is 16.3. The normalized spacial score (nSPS) is 11.7. The Kier molecular flexibility index (Phi) is 2.33. The SMILES string of the molecule is Cc1ccc2nc(-c3cc4ccccc4n4nnnc34)[nH]c2c1. The van der Waals surface area contributed by atoms with E-state index in [9.17, 15) is 0 Å². The van der Waals surface area contributed by atoms with Gasteiger partial charge in [0.2, 0.25) is 0 Å². The molecule has 0 bridgehead atoms. The molecule has 5 rings (SSSR count). The Balaban J connectivity index is 1.87. The molecule has 0 saturated heterocycles. The van der Waals surface area contributed by atoms with Gasteiger partial charge in [-0.25, -0.2) is 4.98 Å². The number of pyridine rings is 1. The highest BCUT2D eigenvalue weighted by Gasteiger charge is 2.14. The average Bonchev–Trinajstić information content (AvgIpc) is 3.20. The van der Waals surface area contributed by atoms with Gasteiger partial charge in [0.05, 0.1) is 22.1 Å². The molecule has 0 spiro atoms. The largest absolute Gasteiger partial charge is 0.338 e. The Morgan fingerprint density at radius 2 is 1.96 bits per heavy atom. The van der Waals surface area contributed by atoms with Crippen molar-refractivity contribution in [3.63, 3.8) is 0 Å². The predicted molar refractivity (Wildman–Crippen MR) is 88.1 cm³/mol. The number of tetrazole rings is 1. The highest BCUT2D eigenvalue weighted by Crippen LogP contribution is 2.27. The van der Waals surface area contributed by atoms with Crippen LogP contribution in [0.5, 0.6) is 0 Å². The summed E-state index contributed by atoms with van der Waals surface area (Å²) in [6.45, 7) is 2.07. The quantitative estimate of drug-likeness (QED) is 0.516. The van der Waals surface area contributed by atoms with Crippen LogP contribution < -0.4 is 0 Å². The van der Waals surface area contributed by atoms with Gasteiger partial charge in [-0.3, -0.25) is 0 Å². The van der Waals surface area contributed by atoms with Gasteiger partial charge in [-0.15, -0.1) is 5.10 Å². The van der Waals surface area contributed by atoms with E-state index in [4.69, 9.17) is 4.98 Å². The molecule has 110 valence electrons. The van der Waals surface area contributed by atoms with Crippen LogP contribution in [0.3, 0.4) is 0 Å². The number of benzene rings is 2. The first-order valence-electron chi connectivity index (χ1n) is 7.36. The second-order valence-corrected chi connectivity index (χ2v) is 5.64. The minimum Gasteiger partial charge on any atom is -0.338 e. The molecule has 23 heavy (non-hydrogen) atoms. The third-order valence-electron chi connectivity index (χ3n) is 4.07. The maximum absolute atomic E-state index is 4.70. The van der Waals surface area contributed by atoms with Gasteiger partial charge in [0, 0.05) is 5.39 Å². The summed E-state index contributed by atoms with van der Waals surface area (Å²) < 4.78 is 1.75. The van der Waals surface area contributed by atoms with Crippen molar-refractivity contribution in [3.8, 4) is 11.4 Å². The lowest BCUT2D eigenvalue weighted by atomic mass is 10.1. The Morgan fingerprint density at radius 1 is 1.04 bits per heavy atom. The third-order valence-corrected chi connectivity index (χ3v) is 4.07. The number of hydrogen-bond donors (Lipinski definition) is 1. The molecule has 2 aromatic carbocycles. The number of aromatic nitrogens is 6. The van der Waals surface area contributed by atoms with Gasteiger partial charge in [0.15, 0.2) is 5.65 Å². The summed E-state index contributed by atoms with van der Waals surface area (Å²) in [4.78, 5) is 8.08. The Hall–Kier alpha value is -3.28. The molecule has 6 nitrogen and oxygen atoms in total. The first kappa shape index (κ1) is 12.3. The van der Waals surface area contributed by atoms with Gasteiger partial charge in [-0.05, 0) is 47.2 Å². The van der Waals surface area contributed by atoms with Crippen LogP contribution >= 0.6 is 0 Å². The molecule has 0 amide bonds. The molecule has 0 aliphatic rings. The molecule has 3 heterocycles. The van der Waals surface area contributed by atoms with Crippen molar-refractivity contribution < 1.29 is 0 Å². The lowest BCUT2D eigenvalue weighted by Crippen LogP contribution is -1.94. The molecule has 3 aromatic heterocycles. The van der Waals surface area contributed by atoms with Crippen LogP contribution in [0.2, 0.25) is 0 Å². The molecular formula is C17H12N6. The van der Waals surface area contributed by atoms with E-state index >= 15 is 0 Å². The van der Waals surface area contributed by atoms with Gasteiger partial charge in [0.25, 0.3) is 0 Å². The molecular weight excluding hydrogens is 288 g/mol. The van der Waals surface area contributed by atoms with Gasteiger partial charge in [0.1, 0.15) is 5.82 Å². The molecule has 1 N–H and O–H groups in total. The van der Waals surface area contributed by atoms with E-state index < -0.39 is 0 Å². The predicted octanol–water partition coefficient (Wildman–Crippen LogP) is 3.13. The van der Waals surface area contributed by atoms with Gasteiger partial charge in [-0.2, -0.15) is 4.52 Å². The van der Waals surface area contributed by atoms with Crippen molar-refractivity contribution in [1.29, 1.82) is 0 Å². The lowest BCUT2D eigenvalue weighted by Gasteiger charge is -2.03. The Morgan fingerprint density at radius 3 is 2.91 bits per heavy atom. The van der Waals surface area contributed by atoms with Crippen molar-refractivity contribution in [3.05, 3.63) is 54.1 Å². The minimum atomic E-state index is 0.694. The summed E-state index contributed by atoms with van der Waals surface area (Å²) in [7, 11) is 0. The molecule has 0 saturated carbocycles. The number of H-pyrrole nitrogens is 1. The standard InChI is InChI=1S/C17H12N6/c1-10-6-7-13-14(8-10)19-16(18-13)12-9-11-4-2-3-5-15(11)23-17(12)20-21-22-23/h2-9H,1H3,(H,18,19). The maximum atomic E-state index is 4.70. The summed E-state index contributed by atoms with van der Waals surface area (Å²) in [5.41, 5.74) is 5.70. The number of para-hydroxylation sites is 1. The highest BCUT2D eigenvalue weighted by atomic mass is 15.5. The van der Waals surface area contributed by atoms with E-state index in [2.05, 4.69) is 45.6 Å². The second-order valence-electron chi connectivity index (χ2n) is 5.64. The monoisotopic (exact) mass is 300 g/mol. The molecule has 6 heteroatoms. The number of fused-ring (bicyclic) bond motifs is 4. The van der Waals surface area contributed by atoms with Crippen LogP contribution in [0.1, 0.15) is 5.56 Å². The fourth-order valence-corrected chi connectivity index (χ4v) is 2.97. The Labute approximate surface area is 130 Å². The highest BCUT2D eigenvalue weighted by molar-refractivity contribution is 5.91. The topological polar surface area (TPSA) is 71.8 Å². The van der Waals surface area contributed by atoms with Gasteiger partial charge >= 0.3 is 0 Å². The van der Waals surface area contributed by atoms with Gasteiger partial charge < -0.3 is 4.98 Å². The number of aromatic amines is 1. The van der Waals surface area contributed by atoms with E-state index in [1.165, 1.54) is 5.56 Å². The van der Waals surface area contributed by atoms with Crippen molar-refractivity contribution in [2.45, 2.75) is 6.92 Å². The van der Waals surface area contributed by atoms with Crippen LogP contribution in [-0.2, 0) is 0 Å². The number of imidazole rings is 1. The number of aryl methyl sites for hydroxylation is 1. The molecule has 0 aliphatic heterocycles. The minimum absolute atomic E-state index is 0.694. The zero-order chi connectivity index (χ0) is 15.4. The van der Waals surface area contributed by atoms with Crippen LogP contribution in [-0.4, -0.2) is 30.0 Å². The first-order chi connectivity index (χ1) is 11.3. The van der Waals surface area contributed by atoms with Crippen LogP contribution in [0, 0.1) is 6.92 Å². The molecule has 5 aromatic rings. The maximum Gasteiger partial charge on any atom is 0.190 e. The zero-order valence-corrected chi connectivity index (χ0v) is 12.4. The Bertz CT molecular complexity index is 1180. The van der Waals surface area contributed by atoms with Crippen LogP contribution in [0.25, 0.3) is 39.0 Å². The summed E-state index contributed by atoms with van der Waals surface area (Å²) in [6.07, 6.45) is 0. The molecule has 0 radical (unpaired) electrons. The number of hydrogen-bond acceptors (Lipinski definition) is 4. The fraction of sp³-hybridized carbons (Fsp3) is 0.0588. The fourth-order valence-electron chi connectivity index (χ4n) is 2.97. The number of nitrogens with one attached hydrogen (secondary N) is 1. The van der Waals surface area contributed by atoms with E-state index in [1.807, 2.05) is 30.3 Å². The zero-order valence-electron chi connectivity index (χ0n) is 12.4. The lowest BCUT2D eigenvalue weighted by molar-refractivity contribution is 0.842. The average molecular weight is 300 g/mol. The van der Waals surface area contributed by atoms with Crippen molar-refractivity contribution in [2.24, 2.45) is 0 Å². The van der Waals surface area contributed by atoms with E-state index in [-0.39, 0.29) is 0 Å². The molecule has 0 atom stereocenters. The summed E-state index contributed by atoms with van der Waals surface area (Å²) in [5, 5.41) is 13.2. The summed E-state index contributed by atoms with van der Waals surface area (Å²) >= 11 is 0. The van der Waals surface area contributed by atoms with Crippen LogP contribution in [0.15, 0.2) is 48.5 Å².